The zero-order valence-corrected chi connectivity index (χ0v) is 15.9. The molecular weight excluding hydrogens is 328 g/mol. The van der Waals surface area contributed by atoms with Crippen molar-refractivity contribution in [3.63, 3.8) is 0 Å². The van der Waals surface area contributed by atoms with E-state index >= 15 is 0 Å². The average Bonchev–Trinajstić information content (AvgIpc) is 2.68. The highest BCUT2D eigenvalue weighted by atomic mass is 16.5. The van der Waals surface area contributed by atoms with Gasteiger partial charge < -0.3 is 20.1 Å². The molecule has 2 aromatic carbocycles. The fourth-order valence-electron chi connectivity index (χ4n) is 2.81. The molecule has 5 heteroatoms. The molecule has 0 spiro atoms. The van der Waals surface area contributed by atoms with Gasteiger partial charge in [-0.15, -0.1) is 0 Å². The van der Waals surface area contributed by atoms with Gasteiger partial charge in [-0.25, -0.2) is 0 Å². The van der Waals surface area contributed by atoms with Crippen LogP contribution in [0.1, 0.15) is 38.3 Å². The highest BCUT2D eigenvalue weighted by Gasteiger charge is 2.19. The van der Waals surface area contributed by atoms with E-state index in [2.05, 4.69) is 17.6 Å². The third-order valence-corrected chi connectivity index (χ3v) is 4.27. The van der Waals surface area contributed by atoms with E-state index in [4.69, 9.17) is 9.47 Å². The van der Waals surface area contributed by atoms with E-state index in [1.165, 1.54) is 0 Å². The number of hydrogen-bond acceptors (Lipinski definition) is 4. The van der Waals surface area contributed by atoms with Crippen molar-refractivity contribution in [3.8, 4) is 11.5 Å². The van der Waals surface area contributed by atoms with E-state index in [0.717, 1.165) is 24.1 Å². The Kier molecular flexibility index (Phi) is 7.33. The predicted octanol–water partition coefficient (Wildman–Crippen LogP) is 4.16. The quantitative estimate of drug-likeness (QED) is 0.708. The smallest absolute Gasteiger partial charge is 0.242 e. The number of anilines is 1. The third kappa shape index (κ3) is 5.15. The number of carbonyl (C=O) groups excluding carboxylic acids is 1. The highest BCUT2D eigenvalue weighted by molar-refractivity contribution is 5.85. The summed E-state index contributed by atoms with van der Waals surface area (Å²) < 4.78 is 10.6. The minimum absolute atomic E-state index is 0.00992. The molecule has 2 aromatic rings. The van der Waals surface area contributed by atoms with Gasteiger partial charge in [-0.3, -0.25) is 4.79 Å². The summed E-state index contributed by atoms with van der Waals surface area (Å²) in [6, 6.07) is 15.1. The van der Waals surface area contributed by atoms with Crippen LogP contribution in [0.15, 0.2) is 48.5 Å². The number of benzene rings is 2. The highest BCUT2D eigenvalue weighted by Crippen LogP contribution is 2.29. The molecular formula is C21H28N2O3. The molecule has 0 aliphatic carbocycles. The molecule has 0 radical (unpaired) electrons. The van der Waals surface area contributed by atoms with Crippen LogP contribution in [-0.2, 0) is 4.79 Å². The summed E-state index contributed by atoms with van der Waals surface area (Å²) in [5.41, 5.74) is 1.87. The molecule has 5 nitrogen and oxygen atoms in total. The molecule has 2 rings (SSSR count). The lowest BCUT2D eigenvalue weighted by Gasteiger charge is -2.23. The minimum atomic E-state index is -0.402. The maximum Gasteiger partial charge on any atom is 0.242 e. The van der Waals surface area contributed by atoms with Gasteiger partial charge in [0.2, 0.25) is 5.91 Å². The summed E-state index contributed by atoms with van der Waals surface area (Å²) in [6.07, 6.45) is 1.89. The summed E-state index contributed by atoms with van der Waals surface area (Å²) in [6.45, 7) is 3.96. The maximum absolute atomic E-state index is 12.7. The molecule has 26 heavy (non-hydrogen) atoms. The van der Waals surface area contributed by atoms with Gasteiger partial charge in [-0.2, -0.15) is 0 Å². The molecule has 0 aliphatic heterocycles. The molecule has 0 bridgehead atoms. The zero-order chi connectivity index (χ0) is 18.9. The first-order valence-electron chi connectivity index (χ1n) is 8.92. The normalized spacial score (nSPS) is 12.8. The summed E-state index contributed by atoms with van der Waals surface area (Å²) in [7, 11) is 3.20. The van der Waals surface area contributed by atoms with Crippen molar-refractivity contribution in [2.45, 2.75) is 38.8 Å². The van der Waals surface area contributed by atoms with Gasteiger partial charge in [-0.05, 0) is 31.0 Å². The molecule has 140 valence electrons. The zero-order valence-electron chi connectivity index (χ0n) is 15.9. The number of amides is 1. The summed E-state index contributed by atoms with van der Waals surface area (Å²) >= 11 is 0. The second-order valence-corrected chi connectivity index (χ2v) is 6.19. The Morgan fingerprint density at radius 1 is 1.08 bits per heavy atom. The lowest BCUT2D eigenvalue weighted by molar-refractivity contribution is -0.122. The molecule has 0 aliphatic rings. The molecule has 0 fully saturated rings. The molecule has 0 saturated carbocycles. The van der Waals surface area contributed by atoms with Crippen molar-refractivity contribution in [1.29, 1.82) is 0 Å². The van der Waals surface area contributed by atoms with Crippen LogP contribution in [0, 0.1) is 0 Å². The molecule has 2 atom stereocenters. The van der Waals surface area contributed by atoms with E-state index in [0.29, 0.717) is 11.5 Å². The second-order valence-electron chi connectivity index (χ2n) is 6.19. The van der Waals surface area contributed by atoms with E-state index < -0.39 is 6.04 Å². The number of ether oxygens (including phenoxy) is 2. The molecule has 0 unspecified atom stereocenters. The van der Waals surface area contributed by atoms with E-state index in [9.17, 15) is 4.79 Å². The van der Waals surface area contributed by atoms with Gasteiger partial charge in [0.1, 0.15) is 17.5 Å². The maximum atomic E-state index is 12.7. The number of hydrogen-bond donors (Lipinski definition) is 2. The lowest BCUT2D eigenvalue weighted by Crippen LogP contribution is -2.39. The topological polar surface area (TPSA) is 59.6 Å². The van der Waals surface area contributed by atoms with Gasteiger partial charge >= 0.3 is 0 Å². The van der Waals surface area contributed by atoms with Crippen molar-refractivity contribution in [3.05, 3.63) is 54.1 Å². The first-order valence-corrected chi connectivity index (χ1v) is 8.92. The summed E-state index contributed by atoms with van der Waals surface area (Å²) in [4.78, 5) is 12.7. The van der Waals surface area contributed by atoms with E-state index in [1.54, 1.807) is 20.3 Å². The molecule has 0 heterocycles. The largest absolute Gasteiger partial charge is 0.497 e. The van der Waals surface area contributed by atoms with Crippen LogP contribution in [-0.4, -0.2) is 26.2 Å². The van der Waals surface area contributed by atoms with Crippen molar-refractivity contribution in [2.75, 3.05) is 19.5 Å². The Bertz CT molecular complexity index is 704. The standard InChI is InChI=1S/C21H28N2O3/c1-5-9-18(16-10-7-6-8-11-16)23-21(24)15(2)22-19-13-12-17(25-3)14-20(19)26-4/h6-8,10-15,18,22H,5,9H2,1-4H3,(H,23,24)/t15-,18+/m1/s1. The predicted molar refractivity (Wildman–Crippen MR) is 105 cm³/mol. The SMILES string of the molecule is CCC[C@H](NC(=O)[C@@H](C)Nc1ccc(OC)cc1OC)c1ccccc1. The van der Waals surface area contributed by atoms with Crippen molar-refractivity contribution >= 4 is 11.6 Å². The van der Waals surface area contributed by atoms with Gasteiger partial charge in [0.05, 0.1) is 25.9 Å². The van der Waals surface area contributed by atoms with Crippen LogP contribution in [0.5, 0.6) is 11.5 Å². The van der Waals surface area contributed by atoms with Gasteiger partial charge in [0.15, 0.2) is 0 Å². The Morgan fingerprint density at radius 2 is 1.81 bits per heavy atom. The van der Waals surface area contributed by atoms with Gasteiger partial charge in [-0.1, -0.05) is 43.7 Å². The van der Waals surface area contributed by atoms with Crippen LogP contribution in [0.2, 0.25) is 0 Å². The average molecular weight is 356 g/mol. The number of rotatable bonds is 9. The summed E-state index contributed by atoms with van der Waals surface area (Å²) in [5.74, 6) is 1.29. The molecule has 0 aromatic heterocycles. The van der Waals surface area contributed by atoms with Crippen molar-refractivity contribution in [2.24, 2.45) is 0 Å². The summed E-state index contributed by atoms with van der Waals surface area (Å²) in [5, 5.41) is 6.37. The number of nitrogens with one attached hydrogen (secondary N) is 2. The van der Waals surface area contributed by atoms with E-state index in [-0.39, 0.29) is 11.9 Å². The molecule has 2 N–H and O–H groups in total. The first-order chi connectivity index (χ1) is 12.6. The van der Waals surface area contributed by atoms with Gasteiger partial charge in [0, 0.05) is 6.07 Å². The first kappa shape index (κ1) is 19.6. The third-order valence-electron chi connectivity index (χ3n) is 4.27. The van der Waals surface area contributed by atoms with Crippen LogP contribution < -0.4 is 20.1 Å². The molecule has 0 saturated heterocycles. The Labute approximate surface area is 155 Å². The van der Waals surface area contributed by atoms with Crippen LogP contribution in [0.25, 0.3) is 0 Å². The minimum Gasteiger partial charge on any atom is -0.497 e. The van der Waals surface area contributed by atoms with Gasteiger partial charge in [0.25, 0.3) is 0 Å². The van der Waals surface area contributed by atoms with Crippen molar-refractivity contribution in [1.82, 2.24) is 5.32 Å². The fraction of sp³-hybridized carbons (Fsp3) is 0.381. The Balaban J connectivity index is 2.06. The Hall–Kier alpha value is -2.69. The van der Waals surface area contributed by atoms with E-state index in [1.807, 2.05) is 49.4 Å². The lowest BCUT2D eigenvalue weighted by atomic mass is 10.0. The van der Waals surface area contributed by atoms with Crippen molar-refractivity contribution < 1.29 is 14.3 Å². The Morgan fingerprint density at radius 3 is 2.42 bits per heavy atom. The van der Waals surface area contributed by atoms with Crippen LogP contribution in [0.3, 0.4) is 0 Å². The monoisotopic (exact) mass is 356 g/mol. The second kappa shape index (κ2) is 9.70. The molecule has 1 amide bonds. The van der Waals surface area contributed by atoms with Crippen LogP contribution >= 0.6 is 0 Å². The van der Waals surface area contributed by atoms with Crippen LogP contribution in [0.4, 0.5) is 5.69 Å². The number of methoxy groups -OCH3 is 2. The fourth-order valence-corrected chi connectivity index (χ4v) is 2.81. The number of carbonyl (C=O) groups is 1.